The average molecular weight is 286 g/mol. The summed E-state index contributed by atoms with van der Waals surface area (Å²) in [5, 5.41) is 37.2. The molecule has 21 heavy (non-hydrogen) atoms. The number of rotatable bonds is 3. The summed E-state index contributed by atoms with van der Waals surface area (Å²) in [6.07, 6.45) is 1.53. The second kappa shape index (κ2) is 4.72. The first kappa shape index (κ1) is 15.3. The Balaban J connectivity index is 2.68. The zero-order valence-corrected chi connectivity index (χ0v) is 12.4. The Morgan fingerprint density at radius 3 is 2.33 bits per heavy atom. The third kappa shape index (κ3) is 1.56. The van der Waals surface area contributed by atoms with E-state index in [0.717, 1.165) is 12.8 Å². The predicted octanol–water partition coefficient (Wildman–Crippen LogP) is 2.48. The molecule has 0 aromatic rings. The summed E-state index contributed by atoms with van der Waals surface area (Å²) in [5.41, 5.74) is -3.30. The molecule has 1 N–H and O–H groups in total. The number of fused-ring (bicyclic) bond motifs is 3. The summed E-state index contributed by atoms with van der Waals surface area (Å²) in [4.78, 5) is 0. The molecule has 0 amide bonds. The normalized spacial score (nSPS) is 39.7. The molecule has 0 aromatic heterocycles. The van der Waals surface area contributed by atoms with Crippen LogP contribution < -0.4 is 0 Å². The lowest BCUT2D eigenvalue weighted by Gasteiger charge is -2.60. The minimum atomic E-state index is -1.66. The van der Waals surface area contributed by atoms with Crippen molar-refractivity contribution in [2.45, 2.75) is 51.9 Å². The van der Waals surface area contributed by atoms with Crippen LogP contribution in [-0.2, 0) is 9.47 Å². The first-order valence-electron chi connectivity index (χ1n) is 7.08. The number of nitrogens with one attached hydrogen (secondary N) is 1. The highest BCUT2D eigenvalue weighted by atomic mass is 16.7. The fourth-order valence-electron chi connectivity index (χ4n) is 3.45. The summed E-state index contributed by atoms with van der Waals surface area (Å²) in [6.45, 7) is 5.31. The van der Waals surface area contributed by atoms with Gasteiger partial charge in [0.05, 0.1) is 30.2 Å². The predicted molar refractivity (Wildman–Crippen MR) is 72.5 cm³/mol. The van der Waals surface area contributed by atoms with Crippen molar-refractivity contribution in [1.29, 1.82) is 21.2 Å². The van der Waals surface area contributed by atoms with Gasteiger partial charge in [-0.25, -0.2) is 0 Å². The number of nitriles is 3. The van der Waals surface area contributed by atoms with E-state index in [1.165, 1.54) is 0 Å². The van der Waals surface area contributed by atoms with Crippen LogP contribution in [0.25, 0.3) is 0 Å². The lowest BCUT2D eigenvalue weighted by molar-refractivity contribution is -0.336. The molecule has 4 atom stereocenters. The minimum Gasteiger partial charge on any atom is -0.448 e. The van der Waals surface area contributed by atoms with Crippen molar-refractivity contribution in [3.05, 3.63) is 0 Å². The van der Waals surface area contributed by atoms with Gasteiger partial charge in [0.1, 0.15) is 0 Å². The topological polar surface area (TPSA) is 114 Å². The summed E-state index contributed by atoms with van der Waals surface area (Å²) < 4.78 is 11.4. The molecule has 110 valence electrons. The smallest absolute Gasteiger partial charge is 0.214 e. The van der Waals surface area contributed by atoms with Crippen molar-refractivity contribution in [3.8, 4) is 18.2 Å². The molecule has 3 aliphatic heterocycles. The first-order valence-corrected chi connectivity index (χ1v) is 7.08. The molecule has 0 spiro atoms. The van der Waals surface area contributed by atoms with Crippen LogP contribution in [0.4, 0.5) is 0 Å². The van der Waals surface area contributed by atoms with Crippen LogP contribution in [0, 0.1) is 56.2 Å². The molecule has 0 unspecified atom stereocenters. The number of nitrogens with zero attached hydrogens (tertiary/aromatic N) is 3. The average Bonchev–Trinajstić information content (AvgIpc) is 2.47. The molecule has 2 bridgehead atoms. The lowest BCUT2D eigenvalue weighted by atomic mass is 9.51. The Labute approximate surface area is 124 Å². The van der Waals surface area contributed by atoms with Crippen molar-refractivity contribution < 1.29 is 9.47 Å². The van der Waals surface area contributed by atoms with Gasteiger partial charge in [-0.05, 0) is 6.42 Å². The number of ether oxygens (including phenoxy) is 2. The van der Waals surface area contributed by atoms with Crippen LogP contribution in [-0.4, -0.2) is 17.8 Å². The molecule has 3 heterocycles. The van der Waals surface area contributed by atoms with Crippen LogP contribution in [0.15, 0.2) is 0 Å². The Bertz CT molecular complexity index is 582. The molecule has 6 heteroatoms. The number of unbranched alkanes of at least 4 members (excludes halogenated alkanes) is 1. The van der Waals surface area contributed by atoms with Gasteiger partial charge in [0.25, 0.3) is 0 Å². The van der Waals surface area contributed by atoms with Crippen molar-refractivity contribution in [2.24, 2.45) is 16.7 Å². The summed E-state index contributed by atoms with van der Waals surface area (Å²) in [5.74, 6) is -2.17. The fourth-order valence-corrected chi connectivity index (χ4v) is 3.45. The van der Waals surface area contributed by atoms with Crippen LogP contribution >= 0.6 is 0 Å². The third-order valence-corrected chi connectivity index (χ3v) is 4.93. The van der Waals surface area contributed by atoms with E-state index in [2.05, 4.69) is 0 Å². The molecule has 3 aliphatic rings. The molecule has 0 saturated carbocycles. The van der Waals surface area contributed by atoms with E-state index in [-0.39, 0.29) is 5.90 Å². The summed E-state index contributed by atoms with van der Waals surface area (Å²) in [6, 6.07) is 6.07. The highest BCUT2D eigenvalue weighted by Gasteiger charge is 2.77. The SMILES string of the molecule is CCCC[C@H]1O[C@@]2(C)OC(=N)[C@@]1(C#N)C(C#N)(C#N)[C@@H]2C. The molecule has 3 saturated heterocycles. The van der Waals surface area contributed by atoms with Gasteiger partial charge in [-0.1, -0.05) is 26.7 Å². The second-order valence-electron chi connectivity index (χ2n) is 5.87. The second-order valence-corrected chi connectivity index (χ2v) is 5.87. The van der Waals surface area contributed by atoms with Gasteiger partial charge in [0.2, 0.25) is 11.7 Å². The maximum absolute atomic E-state index is 9.75. The first-order chi connectivity index (χ1) is 9.88. The molecule has 0 radical (unpaired) electrons. The summed E-state index contributed by atoms with van der Waals surface area (Å²) >= 11 is 0. The van der Waals surface area contributed by atoms with Crippen molar-refractivity contribution in [3.63, 3.8) is 0 Å². The van der Waals surface area contributed by atoms with E-state index >= 15 is 0 Å². The lowest BCUT2D eigenvalue weighted by Crippen LogP contribution is -2.73. The van der Waals surface area contributed by atoms with Crippen LogP contribution in [0.5, 0.6) is 0 Å². The Morgan fingerprint density at radius 1 is 1.24 bits per heavy atom. The largest absolute Gasteiger partial charge is 0.448 e. The fraction of sp³-hybridized carbons (Fsp3) is 0.733. The molecule has 3 fully saturated rings. The summed E-state index contributed by atoms with van der Waals surface area (Å²) in [7, 11) is 0. The third-order valence-electron chi connectivity index (χ3n) is 4.93. The molecule has 0 aliphatic carbocycles. The zero-order valence-electron chi connectivity index (χ0n) is 12.4. The van der Waals surface area contributed by atoms with E-state index in [9.17, 15) is 15.8 Å². The maximum Gasteiger partial charge on any atom is 0.214 e. The van der Waals surface area contributed by atoms with Gasteiger partial charge >= 0.3 is 0 Å². The van der Waals surface area contributed by atoms with Crippen LogP contribution in [0.2, 0.25) is 0 Å². The van der Waals surface area contributed by atoms with E-state index in [4.69, 9.17) is 14.9 Å². The Kier molecular flexibility index (Phi) is 3.44. The molecular weight excluding hydrogens is 268 g/mol. The minimum absolute atomic E-state index is 0.318. The molecule has 3 rings (SSSR count). The van der Waals surface area contributed by atoms with Gasteiger partial charge < -0.3 is 9.47 Å². The highest BCUT2D eigenvalue weighted by molar-refractivity contribution is 5.88. The maximum atomic E-state index is 9.75. The van der Waals surface area contributed by atoms with E-state index < -0.39 is 28.6 Å². The van der Waals surface area contributed by atoms with E-state index in [1.54, 1.807) is 13.8 Å². The van der Waals surface area contributed by atoms with Gasteiger partial charge in [-0.3, -0.25) is 5.41 Å². The van der Waals surface area contributed by atoms with Crippen molar-refractivity contribution >= 4 is 5.90 Å². The Morgan fingerprint density at radius 2 is 1.86 bits per heavy atom. The van der Waals surface area contributed by atoms with Gasteiger partial charge in [0, 0.05) is 6.92 Å². The quantitative estimate of drug-likeness (QED) is 0.856. The van der Waals surface area contributed by atoms with Gasteiger partial charge in [-0.2, -0.15) is 15.8 Å². The highest BCUT2D eigenvalue weighted by Crippen LogP contribution is 2.62. The zero-order chi connectivity index (χ0) is 15.9. The van der Waals surface area contributed by atoms with Gasteiger partial charge in [0.15, 0.2) is 10.8 Å². The standard InChI is InChI=1S/C15H18N4O2/c1-4-5-6-11-15(9-18)12(19)21-13(3,20-11)10(2)14(15,7-16)8-17/h10-11,19H,4-6H2,1-3H3/t10-,11-,13+,15+/m1/s1. The Hall–Kier alpha value is -2.10. The number of hydrogen-bond acceptors (Lipinski definition) is 6. The number of hydrogen-bond donors (Lipinski definition) is 1. The molecule has 0 aromatic carbocycles. The van der Waals surface area contributed by atoms with Crippen molar-refractivity contribution in [2.75, 3.05) is 0 Å². The van der Waals surface area contributed by atoms with Crippen LogP contribution in [0.3, 0.4) is 0 Å². The van der Waals surface area contributed by atoms with Crippen LogP contribution in [0.1, 0.15) is 40.0 Å². The molecular formula is C15H18N4O2. The van der Waals surface area contributed by atoms with E-state index in [0.29, 0.717) is 6.42 Å². The van der Waals surface area contributed by atoms with E-state index in [1.807, 2.05) is 25.1 Å². The van der Waals surface area contributed by atoms with Gasteiger partial charge in [-0.15, -0.1) is 0 Å². The molecule has 6 nitrogen and oxygen atoms in total. The monoisotopic (exact) mass is 286 g/mol. The van der Waals surface area contributed by atoms with Crippen molar-refractivity contribution in [1.82, 2.24) is 0 Å².